The van der Waals surface area contributed by atoms with Crippen LogP contribution in [-0.2, 0) is 4.74 Å². The van der Waals surface area contributed by atoms with Gasteiger partial charge in [-0.2, -0.15) is 0 Å². The van der Waals surface area contributed by atoms with Crippen molar-refractivity contribution >= 4 is 5.91 Å². The minimum atomic E-state index is -0.270. The monoisotopic (exact) mass is 224 g/mol. The number of aryl methyl sites for hydroxylation is 1. The lowest BCUT2D eigenvalue weighted by molar-refractivity contribution is 0.0899. The summed E-state index contributed by atoms with van der Waals surface area (Å²) in [6.07, 6.45) is 1.25. The number of carbonyl (C=O) groups is 1. The van der Waals surface area contributed by atoms with Crippen molar-refractivity contribution in [3.63, 3.8) is 0 Å². The molecule has 16 heavy (non-hydrogen) atoms. The Kier molecular flexibility index (Phi) is 4.72. The van der Waals surface area contributed by atoms with Crippen LogP contribution in [0.15, 0.2) is 23.0 Å². The second-order valence-corrected chi connectivity index (χ2v) is 3.53. The fraction of sp³-hybridized carbons (Fsp3) is 0.455. The smallest absolute Gasteiger partial charge is 0.289 e. The molecule has 0 spiro atoms. The van der Waals surface area contributed by atoms with Crippen LogP contribution < -0.4 is 5.32 Å². The van der Waals surface area contributed by atoms with Crippen LogP contribution in [0.25, 0.3) is 0 Å². The van der Waals surface area contributed by atoms with Crippen LogP contribution in [0.5, 0.6) is 0 Å². The Morgan fingerprint density at radius 2 is 2.44 bits per heavy atom. The summed E-state index contributed by atoms with van der Waals surface area (Å²) in [5.74, 6) is -0.0196. The van der Waals surface area contributed by atoms with E-state index in [1.807, 2.05) is 6.92 Å². The van der Waals surface area contributed by atoms with Crippen LogP contribution in [-0.4, -0.2) is 30.6 Å². The van der Waals surface area contributed by atoms with Crippen molar-refractivity contribution in [2.45, 2.75) is 13.8 Å². The lowest BCUT2D eigenvalue weighted by atomic mass is 10.3. The van der Waals surface area contributed by atoms with Crippen molar-refractivity contribution in [2.75, 3.05) is 19.8 Å². The molecule has 0 radical (unpaired) electrons. The standard InChI is InChI=1S/C11H16N2O3/c1-8(2)6-15-5-4-12-11(14)10-9(3)13-7-16-10/h7H,1,4-6H2,2-3H3,(H,12,14). The highest BCUT2D eigenvalue weighted by Gasteiger charge is 2.12. The van der Waals surface area contributed by atoms with E-state index in [2.05, 4.69) is 16.9 Å². The predicted molar refractivity (Wildman–Crippen MR) is 59.2 cm³/mol. The van der Waals surface area contributed by atoms with Crippen LogP contribution in [0.4, 0.5) is 0 Å². The second-order valence-electron chi connectivity index (χ2n) is 3.53. The largest absolute Gasteiger partial charge is 0.438 e. The summed E-state index contributed by atoms with van der Waals surface area (Å²) in [4.78, 5) is 15.3. The van der Waals surface area contributed by atoms with Crippen molar-refractivity contribution < 1.29 is 13.9 Å². The summed E-state index contributed by atoms with van der Waals surface area (Å²) >= 11 is 0. The minimum Gasteiger partial charge on any atom is -0.438 e. The maximum absolute atomic E-state index is 11.5. The van der Waals surface area contributed by atoms with E-state index in [1.165, 1.54) is 6.39 Å². The van der Waals surface area contributed by atoms with Gasteiger partial charge in [0.05, 0.1) is 18.9 Å². The van der Waals surface area contributed by atoms with Gasteiger partial charge in [0.15, 0.2) is 6.39 Å². The fourth-order valence-electron chi connectivity index (χ4n) is 1.08. The highest BCUT2D eigenvalue weighted by molar-refractivity contribution is 5.92. The number of rotatable bonds is 6. The Labute approximate surface area is 94.5 Å². The molecule has 0 saturated carbocycles. The number of ether oxygens (including phenoxy) is 1. The maximum atomic E-state index is 11.5. The van der Waals surface area contributed by atoms with Gasteiger partial charge in [-0.3, -0.25) is 4.79 Å². The summed E-state index contributed by atoms with van der Waals surface area (Å²) in [5.41, 5.74) is 1.54. The van der Waals surface area contributed by atoms with Crippen molar-refractivity contribution in [3.8, 4) is 0 Å². The number of oxazole rings is 1. The molecule has 1 N–H and O–H groups in total. The van der Waals surface area contributed by atoms with Crippen LogP contribution >= 0.6 is 0 Å². The van der Waals surface area contributed by atoms with Crippen LogP contribution in [0.2, 0.25) is 0 Å². The zero-order valence-electron chi connectivity index (χ0n) is 9.58. The molecule has 1 rings (SSSR count). The van der Waals surface area contributed by atoms with Crippen molar-refractivity contribution in [1.82, 2.24) is 10.3 Å². The molecular weight excluding hydrogens is 208 g/mol. The molecule has 88 valence electrons. The zero-order valence-corrected chi connectivity index (χ0v) is 9.58. The molecule has 0 aliphatic rings. The molecule has 0 aromatic carbocycles. The lowest BCUT2D eigenvalue weighted by Crippen LogP contribution is -2.27. The Hall–Kier alpha value is -1.62. The van der Waals surface area contributed by atoms with E-state index < -0.39 is 0 Å². The Morgan fingerprint density at radius 3 is 3.00 bits per heavy atom. The van der Waals surface area contributed by atoms with E-state index in [9.17, 15) is 4.79 Å². The SMILES string of the molecule is C=C(C)COCCNC(=O)c1ocnc1C. The van der Waals surface area contributed by atoms with Gasteiger partial charge in [0.25, 0.3) is 5.91 Å². The first-order chi connectivity index (χ1) is 7.61. The molecule has 1 amide bonds. The van der Waals surface area contributed by atoms with Gasteiger partial charge in [0.1, 0.15) is 0 Å². The predicted octanol–water partition coefficient (Wildman–Crippen LogP) is 1.31. The molecule has 0 aliphatic heterocycles. The molecule has 0 aliphatic carbocycles. The number of hydrogen-bond acceptors (Lipinski definition) is 4. The van der Waals surface area contributed by atoms with Crippen LogP contribution in [0, 0.1) is 6.92 Å². The molecule has 1 aromatic rings. The first-order valence-corrected chi connectivity index (χ1v) is 5.01. The number of aromatic nitrogens is 1. The lowest BCUT2D eigenvalue weighted by Gasteiger charge is -2.04. The molecular formula is C11H16N2O3. The van der Waals surface area contributed by atoms with Gasteiger partial charge < -0.3 is 14.5 Å². The van der Waals surface area contributed by atoms with Gasteiger partial charge in [0.2, 0.25) is 5.76 Å². The van der Waals surface area contributed by atoms with E-state index >= 15 is 0 Å². The normalized spacial score (nSPS) is 10.1. The fourth-order valence-corrected chi connectivity index (χ4v) is 1.08. The van der Waals surface area contributed by atoms with E-state index in [4.69, 9.17) is 9.15 Å². The minimum absolute atomic E-state index is 0.250. The van der Waals surface area contributed by atoms with Crippen LogP contribution in [0.1, 0.15) is 23.2 Å². The van der Waals surface area contributed by atoms with Gasteiger partial charge in [-0.15, -0.1) is 0 Å². The van der Waals surface area contributed by atoms with E-state index in [0.29, 0.717) is 25.5 Å². The third-order valence-electron chi connectivity index (χ3n) is 1.83. The summed E-state index contributed by atoms with van der Waals surface area (Å²) in [5, 5.41) is 2.67. The topological polar surface area (TPSA) is 64.4 Å². The van der Waals surface area contributed by atoms with Gasteiger partial charge in [-0.25, -0.2) is 4.98 Å². The van der Waals surface area contributed by atoms with E-state index in [1.54, 1.807) is 6.92 Å². The Morgan fingerprint density at radius 1 is 1.69 bits per heavy atom. The number of nitrogens with zero attached hydrogens (tertiary/aromatic N) is 1. The van der Waals surface area contributed by atoms with Gasteiger partial charge in [-0.1, -0.05) is 12.2 Å². The third-order valence-corrected chi connectivity index (χ3v) is 1.83. The van der Waals surface area contributed by atoms with Crippen molar-refractivity contribution in [2.24, 2.45) is 0 Å². The second kappa shape index (κ2) is 6.07. The molecule has 1 heterocycles. The molecule has 0 atom stereocenters. The average molecular weight is 224 g/mol. The first kappa shape index (κ1) is 12.4. The quantitative estimate of drug-likeness (QED) is 0.584. The van der Waals surface area contributed by atoms with E-state index in [-0.39, 0.29) is 11.7 Å². The molecule has 0 fully saturated rings. The zero-order chi connectivity index (χ0) is 12.0. The van der Waals surface area contributed by atoms with Crippen molar-refractivity contribution in [3.05, 3.63) is 30.0 Å². The number of hydrogen-bond donors (Lipinski definition) is 1. The summed E-state index contributed by atoms with van der Waals surface area (Å²) in [6.45, 7) is 8.71. The van der Waals surface area contributed by atoms with Gasteiger partial charge in [-0.05, 0) is 13.8 Å². The number of nitrogens with one attached hydrogen (secondary N) is 1. The maximum Gasteiger partial charge on any atom is 0.289 e. The molecule has 1 aromatic heterocycles. The molecule has 5 heteroatoms. The molecule has 5 nitrogen and oxygen atoms in total. The Bertz CT molecular complexity index is 371. The number of carbonyl (C=O) groups excluding carboxylic acids is 1. The van der Waals surface area contributed by atoms with Gasteiger partial charge >= 0.3 is 0 Å². The summed E-state index contributed by atoms with van der Waals surface area (Å²) in [6, 6.07) is 0. The molecule has 0 bridgehead atoms. The average Bonchev–Trinajstić information content (AvgIpc) is 2.63. The van der Waals surface area contributed by atoms with E-state index in [0.717, 1.165) is 5.57 Å². The first-order valence-electron chi connectivity index (χ1n) is 5.01. The highest BCUT2D eigenvalue weighted by Crippen LogP contribution is 2.03. The van der Waals surface area contributed by atoms with Crippen LogP contribution in [0.3, 0.4) is 0 Å². The van der Waals surface area contributed by atoms with Gasteiger partial charge in [0, 0.05) is 6.54 Å². The number of amides is 1. The third kappa shape index (κ3) is 3.86. The van der Waals surface area contributed by atoms with Crippen molar-refractivity contribution in [1.29, 1.82) is 0 Å². The summed E-state index contributed by atoms with van der Waals surface area (Å²) < 4.78 is 10.2. The molecule has 0 saturated heterocycles. The summed E-state index contributed by atoms with van der Waals surface area (Å²) in [7, 11) is 0. The Balaban J connectivity index is 2.21. The molecule has 0 unspecified atom stereocenters. The highest BCUT2D eigenvalue weighted by atomic mass is 16.5.